The summed E-state index contributed by atoms with van der Waals surface area (Å²) in [6.07, 6.45) is 1.81. The molecule has 0 fully saturated rings. The van der Waals surface area contributed by atoms with Gasteiger partial charge in [0.05, 0.1) is 5.02 Å². The van der Waals surface area contributed by atoms with Crippen molar-refractivity contribution >= 4 is 23.4 Å². The average Bonchev–Trinajstić information content (AvgIpc) is 2.48. The molecule has 0 saturated carbocycles. The van der Waals surface area contributed by atoms with Crippen LogP contribution in [0, 0.1) is 0 Å². The van der Waals surface area contributed by atoms with Crippen LogP contribution in [0.4, 0.5) is 0 Å². The van der Waals surface area contributed by atoms with E-state index in [2.05, 4.69) is 0 Å². The largest absolute Gasteiger partial charge is 0.478 e. The number of hydrogen-bond donors (Lipinski definition) is 1. The van der Waals surface area contributed by atoms with Crippen LogP contribution in [0.1, 0.15) is 10.4 Å². The van der Waals surface area contributed by atoms with Gasteiger partial charge in [-0.1, -0.05) is 23.7 Å². The minimum absolute atomic E-state index is 0.374. The van der Waals surface area contributed by atoms with Crippen LogP contribution < -0.4 is 4.74 Å². The van der Waals surface area contributed by atoms with Crippen molar-refractivity contribution in [3.63, 3.8) is 0 Å². The van der Waals surface area contributed by atoms with Crippen LogP contribution in [-0.2, 0) is 4.79 Å². The molecule has 2 aromatic carbocycles. The van der Waals surface area contributed by atoms with Crippen molar-refractivity contribution in [2.45, 2.75) is 0 Å². The molecule has 0 atom stereocenters. The first-order valence-corrected chi connectivity index (χ1v) is 6.42. The van der Waals surface area contributed by atoms with Gasteiger partial charge >= 0.3 is 5.97 Å². The van der Waals surface area contributed by atoms with Gasteiger partial charge in [0, 0.05) is 11.6 Å². The van der Waals surface area contributed by atoms with Crippen LogP contribution in [0.3, 0.4) is 0 Å². The molecule has 0 aromatic heterocycles. The highest BCUT2D eigenvalue weighted by Crippen LogP contribution is 2.28. The Kier molecular flexibility index (Phi) is 4.74. The molecule has 5 heteroatoms. The van der Waals surface area contributed by atoms with Crippen LogP contribution in [0.15, 0.2) is 60.7 Å². The fourth-order valence-corrected chi connectivity index (χ4v) is 1.76. The maximum absolute atomic E-state index is 11.7. The molecule has 0 aliphatic rings. The summed E-state index contributed by atoms with van der Waals surface area (Å²) < 4.78 is 5.59. The van der Waals surface area contributed by atoms with Gasteiger partial charge in [-0.25, -0.2) is 4.79 Å². The highest BCUT2D eigenvalue weighted by molar-refractivity contribution is 6.32. The second kappa shape index (κ2) is 6.72. The molecule has 2 aromatic rings. The molecule has 0 unspecified atom stereocenters. The Bertz CT molecular complexity index is 690. The van der Waals surface area contributed by atoms with Crippen molar-refractivity contribution in [2.75, 3.05) is 0 Å². The zero-order valence-electron chi connectivity index (χ0n) is 10.8. The summed E-state index contributed by atoms with van der Waals surface area (Å²) in [6, 6.07) is 13.4. The molecule has 0 saturated heterocycles. The summed E-state index contributed by atoms with van der Waals surface area (Å²) in [5.74, 6) is -0.505. The molecule has 1 N–H and O–H groups in total. The number of allylic oxidation sites excluding steroid dienone is 1. The van der Waals surface area contributed by atoms with E-state index in [9.17, 15) is 9.59 Å². The molecule has 2 rings (SSSR count). The Hall–Kier alpha value is -2.59. The van der Waals surface area contributed by atoms with Crippen molar-refractivity contribution < 1.29 is 19.4 Å². The molecule has 21 heavy (non-hydrogen) atoms. The van der Waals surface area contributed by atoms with E-state index in [0.29, 0.717) is 22.1 Å². The highest BCUT2D eigenvalue weighted by Gasteiger charge is 2.05. The maximum Gasteiger partial charge on any atom is 0.328 e. The summed E-state index contributed by atoms with van der Waals surface area (Å²) in [4.78, 5) is 22.0. The molecule has 0 heterocycles. The molecule has 0 radical (unpaired) electrons. The number of carboxylic acid groups (broad SMARTS) is 1. The third-order valence-electron chi connectivity index (χ3n) is 2.58. The molecule has 0 bridgehead atoms. The number of halogens is 1. The van der Waals surface area contributed by atoms with Gasteiger partial charge in [0.25, 0.3) is 0 Å². The number of carboxylic acids is 1. The second-order valence-corrected chi connectivity index (χ2v) is 4.50. The van der Waals surface area contributed by atoms with E-state index in [0.717, 1.165) is 12.2 Å². The fraction of sp³-hybridized carbons (Fsp3) is 0. The minimum atomic E-state index is -1.16. The Morgan fingerprint density at radius 3 is 2.29 bits per heavy atom. The van der Waals surface area contributed by atoms with Gasteiger partial charge in [0.2, 0.25) is 0 Å². The van der Waals surface area contributed by atoms with Crippen molar-refractivity contribution in [1.29, 1.82) is 0 Å². The van der Waals surface area contributed by atoms with Crippen LogP contribution in [-0.4, -0.2) is 16.9 Å². The maximum atomic E-state index is 11.7. The zero-order valence-corrected chi connectivity index (χ0v) is 11.6. The summed E-state index contributed by atoms with van der Waals surface area (Å²) in [7, 11) is 0. The standard InChI is InChI=1S/C16H11ClO4/c17-13-3-1-2-4-15(13)21-12-7-5-11(6-8-12)14(18)9-10-16(19)20/h1-10H,(H,19,20)/b10-9+. The predicted octanol–water partition coefficient (Wildman–Crippen LogP) is 3.96. The van der Waals surface area contributed by atoms with Gasteiger partial charge in [0.1, 0.15) is 11.5 Å². The van der Waals surface area contributed by atoms with E-state index >= 15 is 0 Å². The predicted molar refractivity (Wildman–Crippen MR) is 79.1 cm³/mol. The first kappa shape index (κ1) is 14.8. The molecule has 0 aliphatic heterocycles. The van der Waals surface area contributed by atoms with E-state index in [1.165, 1.54) is 0 Å². The smallest absolute Gasteiger partial charge is 0.328 e. The van der Waals surface area contributed by atoms with E-state index in [4.69, 9.17) is 21.4 Å². The second-order valence-electron chi connectivity index (χ2n) is 4.09. The van der Waals surface area contributed by atoms with Gasteiger partial charge in [-0.2, -0.15) is 0 Å². The summed E-state index contributed by atoms with van der Waals surface area (Å²) in [6.45, 7) is 0. The third-order valence-corrected chi connectivity index (χ3v) is 2.89. The van der Waals surface area contributed by atoms with Crippen molar-refractivity contribution in [2.24, 2.45) is 0 Å². The number of aliphatic carboxylic acids is 1. The first-order valence-electron chi connectivity index (χ1n) is 6.04. The van der Waals surface area contributed by atoms with Crippen molar-refractivity contribution in [3.05, 3.63) is 71.3 Å². The van der Waals surface area contributed by atoms with E-state index in [-0.39, 0.29) is 5.78 Å². The molecule has 0 amide bonds. The van der Waals surface area contributed by atoms with E-state index < -0.39 is 5.97 Å². The molecule has 0 aliphatic carbocycles. The number of para-hydroxylation sites is 1. The normalized spacial score (nSPS) is 10.5. The monoisotopic (exact) mass is 302 g/mol. The lowest BCUT2D eigenvalue weighted by molar-refractivity contribution is -0.131. The number of benzene rings is 2. The van der Waals surface area contributed by atoms with E-state index in [1.54, 1.807) is 48.5 Å². The van der Waals surface area contributed by atoms with Crippen LogP contribution >= 0.6 is 11.6 Å². The van der Waals surface area contributed by atoms with Gasteiger partial charge in [-0.3, -0.25) is 4.79 Å². The number of hydrogen-bond acceptors (Lipinski definition) is 3. The topological polar surface area (TPSA) is 63.6 Å². The van der Waals surface area contributed by atoms with Gasteiger partial charge in [0.15, 0.2) is 5.78 Å². The zero-order chi connectivity index (χ0) is 15.2. The highest BCUT2D eigenvalue weighted by atomic mass is 35.5. The quantitative estimate of drug-likeness (QED) is 0.671. The molecule has 106 valence electrons. The lowest BCUT2D eigenvalue weighted by Gasteiger charge is -2.07. The number of ketones is 1. The van der Waals surface area contributed by atoms with Crippen molar-refractivity contribution in [3.8, 4) is 11.5 Å². The Morgan fingerprint density at radius 1 is 1.00 bits per heavy atom. The Labute approximate surface area is 126 Å². The molecule has 4 nitrogen and oxygen atoms in total. The Balaban J connectivity index is 2.11. The molecular weight excluding hydrogens is 292 g/mol. The third kappa shape index (κ3) is 4.19. The van der Waals surface area contributed by atoms with Crippen LogP contribution in [0.2, 0.25) is 5.02 Å². The number of carbonyl (C=O) groups is 2. The number of rotatable bonds is 5. The summed E-state index contributed by atoms with van der Waals surface area (Å²) >= 11 is 5.98. The van der Waals surface area contributed by atoms with Crippen LogP contribution in [0.5, 0.6) is 11.5 Å². The lowest BCUT2D eigenvalue weighted by atomic mass is 10.1. The van der Waals surface area contributed by atoms with Crippen molar-refractivity contribution in [1.82, 2.24) is 0 Å². The molecular formula is C16H11ClO4. The fourth-order valence-electron chi connectivity index (χ4n) is 1.58. The van der Waals surface area contributed by atoms with Gasteiger partial charge in [-0.05, 0) is 42.5 Å². The summed E-state index contributed by atoms with van der Waals surface area (Å²) in [5.41, 5.74) is 0.374. The minimum Gasteiger partial charge on any atom is -0.478 e. The lowest BCUT2D eigenvalue weighted by Crippen LogP contribution is -1.96. The summed E-state index contributed by atoms with van der Waals surface area (Å²) in [5, 5.41) is 8.96. The SMILES string of the molecule is O=C(O)/C=C/C(=O)c1ccc(Oc2ccccc2Cl)cc1. The number of carbonyl (C=O) groups excluding carboxylic acids is 1. The average molecular weight is 303 g/mol. The van der Waals surface area contributed by atoms with Gasteiger partial charge < -0.3 is 9.84 Å². The van der Waals surface area contributed by atoms with Gasteiger partial charge in [-0.15, -0.1) is 0 Å². The first-order chi connectivity index (χ1) is 10.1. The number of ether oxygens (including phenoxy) is 1. The molecule has 0 spiro atoms. The van der Waals surface area contributed by atoms with E-state index in [1.807, 2.05) is 0 Å². The Morgan fingerprint density at radius 2 is 1.67 bits per heavy atom. The van der Waals surface area contributed by atoms with Crippen LogP contribution in [0.25, 0.3) is 0 Å².